The van der Waals surface area contributed by atoms with E-state index in [1.54, 1.807) is 49.0 Å². The quantitative estimate of drug-likeness (QED) is 0.496. The summed E-state index contributed by atoms with van der Waals surface area (Å²) < 4.78 is 25.3. The molecule has 174 valence electrons. The lowest BCUT2D eigenvalue weighted by molar-refractivity contribution is -0.143. The van der Waals surface area contributed by atoms with Gasteiger partial charge >= 0.3 is 5.97 Å². The highest BCUT2D eigenvalue weighted by Crippen LogP contribution is 2.24. The van der Waals surface area contributed by atoms with E-state index in [0.29, 0.717) is 17.1 Å². The first-order valence-electron chi connectivity index (χ1n) is 10.7. The SMILES string of the molecule is CCOC(=O)CC(NC(=O)Cc1c(C)nn(-c2ccc(F)cc2)c1C)c1cccc(OC)c1. The van der Waals surface area contributed by atoms with Crippen LogP contribution in [-0.2, 0) is 20.7 Å². The number of hydrogen-bond donors (Lipinski definition) is 1. The largest absolute Gasteiger partial charge is 0.497 e. The number of aryl methyl sites for hydroxylation is 1. The molecule has 1 aromatic heterocycles. The Balaban J connectivity index is 1.81. The molecule has 8 heteroatoms. The monoisotopic (exact) mass is 453 g/mol. The van der Waals surface area contributed by atoms with E-state index in [-0.39, 0.29) is 31.2 Å². The first-order chi connectivity index (χ1) is 15.8. The molecule has 1 N–H and O–H groups in total. The smallest absolute Gasteiger partial charge is 0.308 e. The summed E-state index contributed by atoms with van der Waals surface area (Å²) in [5, 5.41) is 7.47. The molecule has 1 atom stereocenters. The molecule has 7 nitrogen and oxygen atoms in total. The number of benzene rings is 2. The summed E-state index contributed by atoms with van der Waals surface area (Å²) in [6.45, 7) is 5.69. The van der Waals surface area contributed by atoms with Gasteiger partial charge in [-0.25, -0.2) is 9.07 Å². The first kappa shape index (κ1) is 24.0. The Kier molecular flexibility index (Phi) is 7.82. The fourth-order valence-electron chi connectivity index (χ4n) is 3.67. The van der Waals surface area contributed by atoms with Crippen molar-refractivity contribution >= 4 is 11.9 Å². The molecule has 3 rings (SSSR count). The fourth-order valence-corrected chi connectivity index (χ4v) is 3.67. The van der Waals surface area contributed by atoms with Gasteiger partial charge in [-0.3, -0.25) is 9.59 Å². The number of hydrogen-bond acceptors (Lipinski definition) is 5. The maximum absolute atomic E-state index is 13.3. The van der Waals surface area contributed by atoms with Gasteiger partial charge in [-0.1, -0.05) is 12.1 Å². The Hall–Kier alpha value is -3.68. The van der Waals surface area contributed by atoms with Gasteiger partial charge < -0.3 is 14.8 Å². The van der Waals surface area contributed by atoms with Crippen molar-refractivity contribution in [3.05, 3.63) is 76.9 Å². The number of methoxy groups -OCH3 is 1. The Morgan fingerprint density at radius 3 is 2.55 bits per heavy atom. The Bertz CT molecular complexity index is 1130. The number of esters is 1. The lowest BCUT2D eigenvalue weighted by Gasteiger charge is -2.19. The van der Waals surface area contributed by atoms with Crippen molar-refractivity contribution in [2.75, 3.05) is 13.7 Å². The van der Waals surface area contributed by atoms with E-state index >= 15 is 0 Å². The number of carbonyl (C=O) groups excluding carboxylic acids is 2. The topological polar surface area (TPSA) is 82.5 Å². The molecular weight excluding hydrogens is 425 g/mol. The van der Waals surface area contributed by atoms with E-state index in [2.05, 4.69) is 10.4 Å². The third-order valence-electron chi connectivity index (χ3n) is 5.36. The van der Waals surface area contributed by atoms with Crippen LogP contribution in [0.2, 0.25) is 0 Å². The Labute approximate surface area is 192 Å². The van der Waals surface area contributed by atoms with Gasteiger partial charge in [0.15, 0.2) is 0 Å². The van der Waals surface area contributed by atoms with Crippen LogP contribution in [0.5, 0.6) is 5.75 Å². The molecule has 0 saturated heterocycles. The summed E-state index contributed by atoms with van der Waals surface area (Å²) in [6, 6.07) is 12.7. The number of carbonyl (C=O) groups is 2. The lowest BCUT2D eigenvalue weighted by atomic mass is 10.0. The van der Waals surface area contributed by atoms with Gasteiger partial charge in [0.05, 0.1) is 44.0 Å². The standard InChI is InChI=1S/C25H28FN3O4/c1-5-33-25(31)15-23(18-7-6-8-21(13-18)32-4)27-24(30)14-22-16(2)28-29(17(22)3)20-11-9-19(26)10-12-20/h6-13,23H,5,14-15H2,1-4H3,(H,27,30). The van der Waals surface area contributed by atoms with E-state index in [1.807, 2.05) is 19.9 Å². The Morgan fingerprint density at radius 1 is 1.15 bits per heavy atom. The van der Waals surface area contributed by atoms with Gasteiger partial charge in [0.1, 0.15) is 11.6 Å². The molecule has 1 unspecified atom stereocenters. The number of amides is 1. The van der Waals surface area contributed by atoms with Gasteiger partial charge in [0.2, 0.25) is 5.91 Å². The third-order valence-corrected chi connectivity index (χ3v) is 5.36. The van der Waals surface area contributed by atoms with E-state index in [9.17, 15) is 14.0 Å². The van der Waals surface area contributed by atoms with Gasteiger partial charge in [0.25, 0.3) is 0 Å². The minimum atomic E-state index is -0.570. The molecule has 2 aromatic carbocycles. The summed E-state index contributed by atoms with van der Waals surface area (Å²) in [5.74, 6) is -0.355. The average molecular weight is 454 g/mol. The second-order valence-corrected chi connectivity index (χ2v) is 7.62. The molecule has 0 aliphatic carbocycles. The van der Waals surface area contributed by atoms with Crippen molar-refractivity contribution in [1.29, 1.82) is 0 Å². The lowest BCUT2D eigenvalue weighted by Crippen LogP contribution is -2.32. The molecule has 1 heterocycles. The van der Waals surface area contributed by atoms with Gasteiger partial charge in [0, 0.05) is 11.3 Å². The summed E-state index contributed by atoms with van der Waals surface area (Å²) in [6.07, 6.45) is 0.0850. The van der Waals surface area contributed by atoms with Crippen LogP contribution in [0.3, 0.4) is 0 Å². The van der Waals surface area contributed by atoms with Crippen LogP contribution in [0.4, 0.5) is 4.39 Å². The second kappa shape index (κ2) is 10.8. The molecule has 0 aliphatic heterocycles. The minimum absolute atomic E-state index is 0.000443. The van der Waals surface area contributed by atoms with Crippen molar-refractivity contribution in [1.82, 2.24) is 15.1 Å². The minimum Gasteiger partial charge on any atom is -0.497 e. The average Bonchev–Trinajstić information content (AvgIpc) is 3.07. The molecule has 1 amide bonds. The van der Waals surface area contributed by atoms with Crippen LogP contribution in [0.25, 0.3) is 5.69 Å². The first-order valence-corrected chi connectivity index (χ1v) is 10.7. The van der Waals surface area contributed by atoms with Crippen LogP contribution in [0.1, 0.15) is 41.9 Å². The van der Waals surface area contributed by atoms with Crippen LogP contribution in [0.15, 0.2) is 48.5 Å². The highest BCUT2D eigenvalue weighted by atomic mass is 19.1. The van der Waals surface area contributed by atoms with Crippen molar-refractivity contribution < 1.29 is 23.5 Å². The number of nitrogens with one attached hydrogen (secondary N) is 1. The zero-order chi connectivity index (χ0) is 24.0. The molecule has 0 bridgehead atoms. The molecule has 0 fully saturated rings. The van der Waals surface area contributed by atoms with Crippen LogP contribution >= 0.6 is 0 Å². The Morgan fingerprint density at radius 2 is 1.88 bits per heavy atom. The normalized spacial score (nSPS) is 11.7. The summed E-state index contributed by atoms with van der Waals surface area (Å²) in [4.78, 5) is 25.2. The molecule has 3 aromatic rings. The fraction of sp³-hybridized carbons (Fsp3) is 0.320. The highest BCUT2D eigenvalue weighted by molar-refractivity contribution is 5.80. The van der Waals surface area contributed by atoms with Crippen LogP contribution in [-0.4, -0.2) is 35.4 Å². The number of halogens is 1. The number of ether oxygens (including phenoxy) is 2. The van der Waals surface area contributed by atoms with E-state index in [4.69, 9.17) is 9.47 Å². The maximum Gasteiger partial charge on any atom is 0.308 e. The summed E-state index contributed by atoms with van der Waals surface area (Å²) in [5.41, 5.74) is 3.72. The molecular formula is C25H28FN3O4. The number of rotatable bonds is 9. The van der Waals surface area contributed by atoms with Crippen LogP contribution < -0.4 is 10.1 Å². The number of nitrogens with zero attached hydrogens (tertiary/aromatic N) is 2. The molecule has 0 radical (unpaired) electrons. The van der Waals surface area contributed by atoms with E-state index in [1.165, 1.54) is 12.1 Å². The molecule has 0 aliphatic rings. The predicted octanol–water partition coefficient (Wildman–Crippen LogP) is 3.99. The molecule has 0 spiro atoms. The number of aromatic nitrogens is 2. The predicted molar refractivity (Wildman–Crippen MR) is 122 cm³/mol. The third kappa shape index (κ3) is 5.97. The van der Waals surface area contributed by atoms with Gasteiger partial charge in [-0.15, -0.1) is 0 Å². The summed E-state index contributed by atoms with van der Waals surface area (Å²) >= 11 is 0. The molecule has 33 heavy (non-hydrogen) atoms. The van der Waals surface area contributed by atoms with Crippen molar-refractivity contribution in [3.63, 3.8) is 0 Å². The second-order valence-electron chi connectivity index (χ2n) is 7.62. The summed E-state index contributed by atoms with van der Waals surface area (Å²) in [7, 11) is 1.56. The van der Waals surface area contributed by atoms with Gasteiger partial charge in [-0.2, -0.15) is 5.10 Å². The van der Waals surface area contributed by atoms with Crippen molar-refractivity contribution in [3.8, 4) is 11.4 Å². The zero-order valence-electron chi connectivity index (χ0n) is 19.2. The van der Waals surface area contributed by atoms with E-state index < -0.39 is 12.0 Å². The zero-order valence-corrected chi connectivity index (χ0v) is 19.2. The highest BCUT2D eigenvalue weighted by Gasteiger charge is 2.22. The van der Waals surface area contributed by atoms with E-state index in [0.717, 1.165) is 16.8 Å². The van der Waals surface area contributed by atoms with Crippen LogP contribution in [0, 0.1) is 19.7 Å². The van der Waals surface area contributed by atoms with Gasteiger partial charge in [-0.05, 0) is 62.7 Å². The maximum atomic E-state index is 13.3. The van der Waals surface area contributed by atoms with Crippen molar-refractivity contribution in [2.24, 2.45) is 0 Å². The van der Waals surface area contributed by atoms with Crippen molar-refractivity contribution in [2.45, 2.75) is 39.7 Å². The molecule has 0 saturated carbocycles.